The van der Waals surface area contributed by atoms with Crippen LogP contribution in [0, 0.1) is 5.82 Å². The standard InChI is InChI=1S/C12H15FN2OS/c1-16-6-2-3-9(14)12-15-10-5-4-8(13)7-11(10)17-12/h4-5,7,9H,2-3,6,14H2,1H3. The van der Waals surface area contributed by atoms with Crippen LogP contribution in [0.4, 0.5) is 4.39 Å². The van der Waals surface area contributed by atoms with Crippen molar-refractivity contribution >= 4 is 21.6 Å². The minimum absolute atomic E-state index is 0.0920. The molecule has 0 aliphatic heterocycles. The second kappa shape index (κ2) is 5.53. The Balaban J connectivity index is 2.12. The Kier molecular flexibility index (Phi) is 4.04. The van der Waals surface area contributed by atoms with Crippen LogP contribution < -0.4 is 5.73 Å². The Morgan fingerprint density at radius 3 is 3.12 bits per heavy atom. The lowest BCUT2D eigenvalue weighted by atomic mass is 10.2. The number of nitrogens with zero attached hydrogens (tertiary/aromatic N) is 1. The van der Waals surface area contributed by atoms with Crippen LogP contribution in [0.3, 0.4) is 0 Å². The van der Waals surface area contributed by atoms with Crippen molar-refractivity contribution in [1.29, 1.82) is 0 Å². The zero-order chi connectivity index (χ0) is 12.3. The van der Waals surface area contributed by atoms with E-state index < -0.39 is 0 Å². The maximum Gasteiger partial charge on any atom is 0.124 e. The number of aromatic nitrogens is 1. The first kappa shape index (κ1) is 12.4. The van der Waals surface area contributed by atoms with Crippen LogP contribution in [0.1, 0.15) is 23.9 Å². The SMILES string of the molecule is COCCCC(N)c1nc2ccc(F)cc2s1. The predicted molar refractivity (Wildman–Crippen MR) is 67.6 cm³/mol. The van der Waals surface area contributed by atoms with Crippen molar-refractivity contribution in [3.05, 3.63) is 29.0 Å². The van der Waals surface area contributed by atoms with E-state index in [1.54, 1.807) is 13.2 Å². The molecule has 0 fully saturated rings. The van der Waals surface area contributed by atoms with Gasteiger partial charge in [-0.2, -0.15) is 0 Å². The van der Waals surface area contributed by atoms with Gasteiger partial charge < -0.3 is 10.5 Å². The van der Waals surface area contributed by atoms with Crippen LogP contribution in [0.5, 0.6) is 0 Å². The van der Waals surface area contributed by atoms with Gasteiger partial charge in [0.25, 0.3) is 0 Å². The summed E-state index contributed by atoms with van der Waals surface area (Å²) in [6, 6.07) is 4.51. The van der Waals surface area contributed by atoms with Crippen LogP contribution >= 0.6 is 11.3 Å². The van der Waals surface area contributed by atoms with Gasteiger partial charge in [-0.1, -0.05) is 0 Å². The number of halogens is 1. The molecular formula is C12H15FN2OS. The number of hydrogen-bond acceptors (Lipinski definition) is 4. The zero-order valence-corrected chi connectivity index (χ0v) is 10.5. The van der Waals surface area contributed by atoms with Gasteiger partial charge in [-0.15, -0.1) is 11.3 Å². The van der Waals surface area contributed by atoms with Crippen molar-refractivity contribution in [2.75, 3.05) is 13.7 Å². The first-order chi connectivity index (χ1) is 8.20. The highest BCUT2D eigenvalue weighted by Gasteiger charge is 2.12. The van der Waals surface area contributed by atoms with E-state index in [1.165, 1.54) is 23.5 Å². The van der Waals surface area contributed by atoms with Crippen molar-refractivity contribution in [2.24, 2.45) is 5.73 Å². The number of ether oxygens (including phenoxy) is 1. The highest BCUT2D eigenvalue weighted by Crippen LogP contribution is 2.27. The fourth-order valence-electron chi connectivity index (χ4n) is 1.65. The molecule has 3 nitrogen and oxygen atoms in total. The summed E-state index contributed by atoms with van der Waals surface area (Å²) in [5.41, 5.74) is 6.85. The smallest absolute Gasteiger partial charge is 0.124 e. The Morgan fingerprint density at radius 1 is 1.53 bits per heavy atom. The van der Waals surface area contributed by atoms with Crippen LogP contribution in [-0.2, 0) is 4.74 Å². The molecule has 0 radical (unpaired) electrons. The lowest BCUT2D eigenvalue weighted by Gasteiger charge is -2.06. The van der Waals surface area contributed by atoms with E-state index in [9.17, 15) is 4.39 Å². The number of benzene rings is 1. The number of fused-ring (bicyclic) bond motifs is 1. The maximum atomic E-state index is 13.0. The van der Waals surface area contributed by atoms with E-state index in [-0.39, 0.29) is 11.9 Å². The van der Waals surface area contributed by atoms with E-state index >= 15 is 0 Å². The molecule has 0 saturated carbocycles. The second-order valence-electron chi connectivity index (χ2n) is 3.91. The van der Waals surface area contributed by atoms with Crippen LogP contribution in [0.15, 0.2) is 18.2 Å². The van der Waals surface area contributed by atoms with Gasteiger partial charge in [0.15, 0.2) is 0 Å². The normalized spacial score (nSPS) is 13.1. The summed E-state index contributed by atoms with van der Waals surface area (Å²) in [6.45, 7) is 0.702. The molecule has 1 aromatic heterocycles. The van der Waals surface area contributed by atoms with Crippen molar-refractivity contribution in [2.45, 2.75) is 18.9 Å². The van der Waals surface area contributed by atoms with E-state index in [1.807, 2.05) is 0 Å². The van der Waals surface area contributed by atoms with Gasteiger partial charge in [-0.25, -0.2) is 9.37 Å². The molecule has 0 bridgehead atoms. The average molecular weight is 254 g/mol. The molecule has 92 valence electrons. The van der Waals surface area contributed by atoms with Crippen molar-refractivity contribution in [3.63, 3.8) is 0 Å². The molecule has 0 saturated heterocycles. The lowest BCUT2D eigenvalue weighted by molar-refractivity contribution is 0.190. The summed E-state index contributed by atoms with van der Waals surface area (Å²) in [5, 5.41) is 0.863. The molecule has 2 rings (SSSR count). The number of hydrogen-bond donors (Lipinski definition) is 1. The third-order valence-corrected chi connectivity index (χ3v) is 3.70. The third-order valence-electron chi connectivity index (χ3n) is 2.55. The molecule has 0 spiro atoms. The Hall–Kier alpha value is -1.04. The molecule has 5 heteroatoms. The highest BCUT2D eigenvalue weighted by atomic mass is 32.1. The minimum Gasteiger partial charge on any atom is -0.385 e. The molecule has 2 aromatic rings. The summed E-state index contributed by atoms with van der Waals surface area (Å²) in [4.78, 5) is 4.42. The molecule has 2 N–H and O–H groups in total. The number of methoxy groups -OCH3 is 1. The van der Waals surface area contributed by atoms with Crippen molar-refractivity contribution in [3.8, 4) is 0 Å². The predicted octanol–water partition coefficient (Wildman–Crippen LogP) is 2.86. The quantitative estimate of drug-likeness (QED) is 0.835. The molecule has 1 heterocycles. The van der Waals surface area contributed by atoms with Gasteiger partial charge in [-0.3, -0.25) is 0 Å². The zero-order valence-electron chi connectivity index (χ0n) is 9.65. The Morgan fingerprint density at radius 2 is 2.35 bits per heavy atom. The summed E-state index contributed by atoms with van der Waals surface area (Å²) in [6.07, 6.45) is 1.73. The molecule has 0 amide bonds. The summed E-state index contributed by atoms with van der Waals surface area (Å²) >= 11 is 1.46. The average Bonchev–Trinajstić information content (AvgIpc) is 2.72. The third kappa shape index (κ3) is 3.00. The summed E-state index contributed by atoms with van der Waals surface area (Å²) < 4.78 is 18.9. The largest absolute Gasteiger partial charge is 0.385 e. The molecule has 1 aromatic carbocycles. The first-order valence-corrected chi connectivity index (χ1v) is 6.33. The Labute approximate surface area is 103 Å². The maximum absolute atomic E-state index is 13.0. The molecule has 1 unspecified atom stereocenters. The van der Waals surface area contributed by atoms with Gasteiger partial charge in [0, 0.05) is 13.7 Å². The fraction of sp³-hybridized carbons (Fsp3) is 0.417. The summed E-state index contributed by atoms with van der Waals surface area (Å²) in [5.74, 6) is -0.236. The van der Waals surface area contributed by atoms with Crippen molar-refractivity contribution < 1.29 is 9.13 Å². The molecule has 17 heavy (non-hydrogen) atoms. The van der Waals surface area contributed by atoms with Gasteiger partial charge in [-0.05, 0) is 31.0 Å². The lowest BCUT2D eigenvalue weighted by Crippen LogP contribution is -2.10. The molecular weight excluding hydrogens is 239 g/mol. The van der Waals surface area contributed by atoms with Gasteiger partial charge in [0.1, 0.15) is 10.8 Å². The second-order valence-corrected chi connectivity index (χ2v) is 4.97. The van der Waals surface area contributed by atoms with Crippen LogP contribution in [0.25, 0.3) is 10.2 Å². The highest BCUT2D eigenvalue weighted by molar-refractivity contribution is 7.18. The summed E-state index contributed by atoms with van der Waals surface area (Å²) in [7, 11) is 1.67. The van der Waals surface area contributed by atoms with E-state index in [4.69, 9.17) is 10.5 Å². The monoisotopic (exact) mass is 254 g/mol. The fourth-order valence-corrected chi connectivity index (χ4v) is 2.67. The van der Waals surface area contributed by atoms with Gasteiger partial charge >= 0.3 is 0 Å². The van der Waals surface area contributed by atoms with Gasteiger partial charge in [0.2, 0.25) is 0 Å². The molecule has 0 aliphatic carbocycles. The van der Waals surface area contributed by atoms with Gasteiger partial charge in [0.05, 0.1) is 16.3 Å². The Bertz CT molecular complexity index is 500. The first-order valence-electron chi connectivity index (χ1n) is 5.51. The number of thiazole rings is 1. The van der Waals surface area contributed by atoms with Crippen LogP contribution in [-0.4, -0.2) is 18.7 Å². The van der Waals surface area contributed by atoms with E-state index in [0.717, 1.165) is 28.1 Å². The number of nitrogens with two attached hydrogens (primary N) is 1. The number of rotatable bonds is 5. The minimum atomic E-state index is -0.236. The van der Waals surface area contributed by atoms with Crippen molar-refractivity contribution in [1.82, 2.24) is 4.98 Å². The molecule has 1 atom stereocenters. The van der Waals surface area contributed by atoms with E-state index in [2.05, 4.69) is 4.98 Å². The van der Waals surface area contributed by atoms with Crippen LogP contribution in [0.2, 0.25) is 0 Å². The molecule has 0 aliphatic rings. The van der Waals surface area contributed by atoms with E-state index in [0.29, 0.717) is 6.61 Å². The topological polar surface area (TPSA) is 48.1 Å².